The third-order valence-electron chi connectivity index (χ3n) is 7.23. The van der Waals surface area contributed by atoms with Gasteiger partial charge in [-0.15, -0.1) is 0 Å². The van der Waals surface area contributed by atoms with E-state index in [1.807, 2.05) is 0 Å². The smallest absolute Gasteiger partial charge is 0.193 e. The summed E-state index contributed by atoms with van der Waals surface area (Å²) < 4.78 is 13.5. The Morgan fingerprint density at radius 3 is 1.07 bits per heavy atom. The monoisotopic (exact) mass is 450 g/mol. The minimum Gasteiger partial charge on any atom is -0.413 e. The summed E-state index contributed by atoms with van der Waals surface area (Å²) in [6.07, 6.45) is 4.66. The summed E-state index contributed by atoms with van der Waals surface area (Å²) in [4.78, 5) is 0. The molecule has 0 saturated heterocycles. The van der Waals surface area contributed by atoms with Crippen LogP contribution in [0.3, 0.4) is 0 Å². The van der Waals surface area contributed by atoms with Crippen LogP contribution in [0.4, 0.5) is 0 Å². The third-order valence-corrected chi connectivity index (χ3v) is 10.2. The molecule has 0 radical (unpaired) electrons. The van der Waals surface area contributed by atoms with Crippen LogP contribution in [0.15, 0.2) is 24.3 Å². The van der Waals surface area contributed by atoms with Gasteiger partial charge in [-0.25, -0.2) is 0 Å². The van der Waals surface area contributed by atoms with Crippen LogP contribution in [0, 0.1) is 23.7 Å². The molecule has 30 heavy (non-hydrogen) atoms. The van der Waals surface area contributed by atoms with Crippen LogP contribution >= 0.6 is 0 Å². The second-order valence-electron chi connectivity index (χ2n) is 10.4. The second-order valence-corrected chi connectivity index (χ2v) is 13.2. The van der Waals surface area contributed by atoms with E-state index in [4.69, 9.17) is 8.85 Å². The lowest BCUT2D eigenvalue weighted by molar-refractivity contribution is -0.0259. The van der Waals surface area contributed by atoms with E-state index >= 15 is 0 Å². The van der Waals surface area contributed by atoms with Crippen molar-refractivity contribution in [3.05, 3.63) is 24.3 Å². The van der Waals surface area contributed by atoms with Crippen molar-refractivity contribution in [2.24, 2.45) is 23.7 Å². The van der Waals surface area contributed by atoms with Crippen molar-refractivity contribution in [2.45, 2.75) is 106 Å². The molecule has 0 N–H and O–H groups in total. The molecule has 0 aliphatic rings. The van der Waals surface area contributed by atoms with Gasteiger partial charge in [-0.3, -0.25) is 0 Å². The van der Waals surface area contributed by atoms with Crippen LogP contribution in [0.1, 0.15) is 94.9 Å². The van der Waals surface area contributed by atoms with Gasteiger partial charge in [0.25, 0.3) is 0 Å². The van der Waals surface area contributed by atoms with Gasteiger partial charge >= 0.3 is 0 Å². The highest BCUT2D eigenvalue weighted by Crippen LogP contribution is 2.35. The Labute approximate surface area is 192 Å². The minimum atomic E-state index is -0.738. The van der Waals surface area contributed by atoms with Gasteiger partial charge in [0.05, 0.1) is 11.2 Å². The molecule has 0 aromatic heterocycles. The standard InChI is InChI=1S/C26H50O2Si2/c1-11-17-25(19(3)4,20(5)6)27-29-23-13-15-24(16-14-23)30-28-26(18-12-2,21(7)8)22(9)10/h13-16,19-22H,11-12,17-18,29-30H2,1-10H3. The topological polar surface area (TPSA) is 18.5 Å². The third kappa shape index (κ3) is 6.78. The van der Waals surface area contributed by atoms with Crippen LogP contribution in [-0.2, 0) is 8.85 Å². The van der Waals surface area contributed by atoms with Crippen LogP contribution in [0.2, 0.25) is 0 Å². The highest BCUT2D eigenvalue weighted by molar-refractivity contribution is 6.49. The van der Waals surface area contributed by atoms with Gasteiger partial charge in [0, 0.05) is 0 Å². The predicted molar refractivity (Wildman–Crippen MR) is 140 cm³/mol. The molecule has 0 unspecified atom stereocenters. The number of hydrogen-bond acceptors (Lipinski definition) is 2. The molecule has 2 nitrogen and oxygen atoms in total. The molecular weight excluding hydrogens is 400 g/mol. The van der Waals surface area contributed by atoms with Crippen molar-refractivity contribution >= 4 is 29.9 Å². The van der Waals surface area contributed by atoms with Crippen molar-refractivity contribution in [2.75, 3.05) is 0 Å². The number of rotatable bonds is 14. The Hall–Kier alpha value is -0.426. The van der Waals surface area contributed by atoms with Gasteiger partial charge in [0.1, 0.15) is 0 Å². The van der Waals surface area contributed by atoms with Gasteiger partial charge in [0.15, 0.2) is 19.5 Å². The fourth-order valence-corrected chi connectivity index (χ4v) is 8.60. The molecule has 0 atom stereocenters. The SMILES string of the molecule is CCCC(O[SiH2]c1ccc([SiH2]OC(CCC)(C(C)C)C(C)C)cc1)(C(C)C)C(C)C. The van der Waals surface area contributed by atoms with Crippen LogP contribution in [0.25, 0.3) is 0 Å². The van der Waals surface area contributed by atoms with E-state index in [-0.39, 0.29) is 11.2 Å². The van der Waals surface area contributed by atoms with Gasteiger partial charge < -0.3 is 8.85 Å². The van der Waals surface area contributed by atoms with E-state index < -0.39 is 19.5 Å². The summed E-state index contributed by atoms with van der Waals surface area (Å²) >= 11 is 0. The van der Waals surface area contributed by atoms with Gasteiger partial charge in [-0.2, -0.15) is 0 Å². The Bertz CT molecular complexity index is 525. The highest BCUT2D eigenvalue weighted by atomic mass is 28.2. The Balaban J connectivity index is 2.84. The number of benzene rings is 1. The average Bonchev–Trinajstić information content (AvgIpc) is 2.68. The molecule has 0 aliphatic heterocycles. The first-order valence-corrected chi connectivity index (χ1v) is 15.0. The van der Waals surface area contributed by atoms with E-state index in [0.29, 0.717) is 23.7 Å². The first kappa shape index (κ1) is 27.6. The predicted octanol–water partition coefficient (Wildman–Crippen LogP) is 4.84. The molecule has 1 rings (SSSR count). The lowest BCUT2D eigenvalue weighted by Crippen LogP contribution is -2.47. The molecular formula is C26H50O2Si2. The maximum Gasteiger partial charge on any atom is 0.193 e. The van der Waals surface area contributed by atoms with E-state index in [0.717, 1.165) is 12.8 Å². The first-order valence-electron chi connectivity index (χ1n) is 12.4. The van der Waals surface area contributed by atoms with Crippen molar-refractivity contribution in [3.8, 4) is 0 Å². The maximum atomic E-state index is 6.75. The zero-order valence-corrected chi connectivity index (χ0v) is 24.5. The van der Waals surface area contributed by atoms with Crippen molar-refractivity contribution in [1.82, 2.24) is 0 Å². The summed E-state index contributed by atoms with van der Waals surface area (Å²) in [6, 6.07) is 9.23. The van der Waals surface area contributed by atoms with Crippen LogP contribution in [-0.4, -0.2) is 30.7 Å². The van der Waals surface area contributed by atoms with E-state index in [1.165, 1.54) is 23.2 Å². The highest BCUT2D eigenvalue weighted by Gasteiger charge is 2.37. The average molecular weight is 451 g/mol. The molecule has 0 fully saturated rings. The molecule has 0 amide bonds. The van der Waals surface area contributed by atoms with Crippen LogP contribution < -0.4 is 10.4 Å². The van der Waals surface area contributed by atoms with Gasteiger partial charge in [-0.05, 0) is 46.9 Å². The first-order chi connectivity index (χ1) is 14.1. The zero-order valence-electron chi connectivity index (χ0n) is 21.7. The minimum absolute atomic E-state index is 0.0196. The Kier molecular flexibility index (Phi) is 11.6. The summed E-state index contributed by atoms with van der Waals surface area (Å²) in [7, 11) is -1.48. The van der Waals surface area contributed by atoms with E-state index in [9.17, 15) is 0 Å². The van der Waals surface area contributed by atoms with Gasteiger partial charge in [-0.1, -0.05) is 106 Å². The van der Waals surface area contributed by atoms with Gasteiger partial charge in [0.2, 0.25) is 0 Å². The Morgan fingerprint density at radius 2 is 0.867 bits per heavy atom. The molecule has 0 heterocycles. The zero-order chi connectivity index (χ0) is 22.9. The molecule has 174 valence electrons. The van der Waals surface area contributed by atoms with E-state index in [1.54, 1.807) is 0 Å². The summed E-state index contributed by atoms with van der Waals surface area (Å²) in [5, 5.41) is 2.81. The fraction of sp³-hybridized carbons (Fsp3) is 0.769. The van der Waals surface area contributed by atoms with Crippen LogP contribution in [0.5, 0.6) is 0 Å². The molecule has 0 saturated carbocycles. The van der Waals surface area contributed by atoms with Crippen molar-refractivity contribution in [3.63, 3.8) is 0 Å². The Morgan fingerprint density at radius 1 is 0.600 bits per heavy atom. The maximum absolute atomic E-state index is 6.75. The fourth-order valence-electron chi connectivity index (χ4n) is 5.25. The molecule has 0 spiro atoms. The normalized spacial score (nSPS) is 14.1. The molecule has 1 aromatic carbocycles. The largest absolute Gasteiger partial charge is 0.413 e. The second kappa shape index (κ2) is 12.6. The van der Waals surface area contributed by atoms with Crippen molar-refractivity contribution in [1.29, 1.82) is 0 Å². The molecule has 0 aliphatic carbocycles. The van der Waals surface area contributed by atoms with Crippen molar-refractivity contribution < 1.29 is 8.85 Å². The summed E-state index contributed by atoms with van der Waals surface area (Å²) in [5.74, 6) is 2.18. The molecule has 1 aromatic rings. The number of hydrogen-bond donors (Lipinski definition) is 0. The summed E-state index contributed by atoms with van der Waals surface area (Å²) in [5.41, 5.74) is 0.0393. The molecule has 0 bridgehead atoms. The molecule has 4 heteroatoms. The lowest BCUT2D eigenvalue weighted by atomic mass is 9.77. The lowest BCUT2D eigenvalue weighted by Gasteiger charge is -2.42. The van der Waals surface area contributed by atoms with E-state index in [2.05, 4.69) is 93.5 Å². The summed E-state index contributed by atoms with van der Waals surface area (Å²) in [6.45, 7) is 23.1. The quantitative estimate of drug-likeness (QED) is 0.378.